The summed E-state index contributed by atoms with van der Waals surface area (Å²) in [5.74, 6) is -0.458. The maximum atomic E-state index is 12.2. The molecule has 7 heteroatoms. The Hall–Kier alpha value is -2.93. The van der Waals surface area contributed by atoms with Crippen LogP contribution in [0.3, 0.4) is 0 Å². The average Bonchev–Trinajstić information content (AvgIpc) is 3.25. The van der Waals surface area contributed by atoms with E-state index in [0.29, 0.717) is 5.56 Å². The predicted octanol–water partition coefficient (Wildman–Crippen LogP) is 1.52. The van der Waals surface area contributed by atoms with E-state index >= 15 is 0 Å². The highest BCUT2D eigenvalue weighted by Crippen LogP contribution is 2.18. The average molecular weight is 325 g/mol. The van der Waals surface area contributed by atoms with E-state index in [1.165, 1.54) is 6.20 Å². The number of amides is 1. The standard InChI is InChI=1S/C17H19N5O2/c1-12(20-17(24)16(23)14-10-19-21(2)11-14)13-5-3-6-15(9-13)22-8-4-7-18-22/h3-12,16,23H,1-2H3,(H,20,24)/t12-,16+/m0/s1. The van der Waals surface area contributed by atoms with Gasteiger partial charge in [0.15, 0.2) is 6.10 Å². The van der Waals surface area contributed by atoms with Gasteiger partial charge in [0.2, 0.25) is 0 Å². The van der Waals surface area contributed by atoms with Crippen LogP contribution < -0.4 is 5.32 Å². The summed E-state index contributed by atoms with van der Waals surface area (Å²) < 4.78 is 3.30. The highest BCUT2D eigenvalue weighted by Gasteiger charge is 2.21. The van der Waals surface area contributed by atoms with Crippen molar-refractivity contribution in [2.75, 3.05) is 0 Å². The Morgan fingerprint density at radius 3 is 2.75 bits per heavy atom. The molecule has 0 radical (unpaired) electrons. The van der Waals surface area contributed by atoms with Crippen molar-refractivity contribution in [3.8, 4) is 5.69 Å². The smallest absolute Gasteiger partial charge is 0.254 e. The summed E-state index contributed by atoms with van der Waals surface area (Å²) in [4.78, 5) is 12.2. The molecule has 124 valence electrons. The van der Waals surface area contributed by atoms with Crippen LogP contribution in [0.25, 0.3) is 5.69 Å². The molecular formula is C17H19N5O2. The molecule has 24 heavy (non-hydrogen) atoms. The lowest BCUT2D eigenvalue weighted by molar-refractivity contribution is -0.130. The third-order valence-corrected chi connectivity index (χ3v) is 3.79. The van der Waals surface area contributed by atoms with Crippen LogP contribution >= 0.6 is 0 Å². The lowest BCUT2D eigenvalue weighted by Crippen LogP contribution is -2.31. The van der Waals surface area contributed by atoms with Crippen molar-refractivity contribution in [1.29, 1.82) is 0 Å². The van der Waals surface area contributed by atoms with Crippen LogP contribution in [-0.2, 0) is 11.8 Å². The van der Waals surface area contributed by atoms with Gasteiger partial charge in [-0.2, -0.15) is 10.2 Å². The Balaban J connectivity index is 1.71. The first-order chi connectivity index (χ1) is 11.5. The molecule has 0 aliphatic carbocycles. The zero-order valence-electron chi connectivity index (χ0n) is 13.5. The van der Waals surface area contributed by atoms with E-state index in [9.17, 15) is 9.90 Å². The van der Waals surface area contributed by atoms with Gasteiger partial charge in [-0.25, -0.2) is 4.68 Å². The van der Waals surface area contributed by atoms with E-state index in [4.69, 9.17) is 0 Å². The molecule has 3 rings (SSSR count). The Morgan fingerprint density at radius 1 is 1.25 bits per heavy atom. The number of nitrogens with one attached hydrogen (secondary N) is 1. The van der Waals surface area contributed by atoms with Crippen molar-refractivity contribution in [3.05, 3.63) is 66.2 Å². The fraction of sp³-hybridized carbons (Fsp3) is 0.235. The van der Waals surface area contributed by atoms with Crippen molar-refractivity contribution >= 4 is 5.91 Å². The molecule has 1 amide bonds. The first-order valence-corrected chi connectivity index (χ1v) is 7.61. The molecule has 0 bridgehead atoms. The van der Waals surface area contributed by atoms with Gasteiger partial charge in [-0.15, -0.1) is 0 Å². The summed E-state index contributed by atoms with van der Waals surface area (Å²) in [6.45, 7) is 1.87. The van der Waals surface area contributed by atoms with Crippen molar-refractivity contribution in [3.63, 3.8) is 0 Å². The van der Waals surface area contributed by atoms with Gasteiger partial charge in [0.05, 0.1) is 17.9 Å². The van der Waals surface area contributed by atoms with Crippen LogP contribution in [0, 0.1) is 0 Å². The first-order valence-electron chi connectivity index (χ1n) is 7.61. The largest absolute Gasteiger partial charge is 0.378 e. The fourth-order valence-corrected chi connectivity index (χ4v) is 2.47. The quantitative estimate of drug-likeness (QED) is 0.745. The van der Waals surface area contributed by atoms with Crippen molar-refractivity contribution in [1.82, 2.24) is 24.9 Å². The van der Waals surface area contributed by atoms with E-state index in [2.05, 4.69) is 15.5 Å². The van der Waals surface area contributed by atoms with Crippen molar-refractivity contribution < 1.29 is 9.90 Å². The molecule has 2 atom stereocenters. The number of hydrogen-bond acceptors (Lipinski definition) is 4. The molecule has 0 unspecified atom stereocenters. The molecular weight excluding hydrogens is 306 g/mol. The minimum Gasteiger partial charge on any atom is -0.378 e. The summed E-state index contributed by atoms with van der Waals surface area (Å²) in [7, 11) is 1.73. The number of nitrogens with zero attached hydrogens (tertiary/aromatic N) is 4. The second-order valence-electron chi connectivity index (χ2n) is 5.63. The number of benzene rings is 1. The summed E-state index contributed by atoms with van der Waals surface area (Å²) in [6.07, 6.45) is 5.42. The third-order valence-electron chi connectivity index (χ3n) is 3.79. The monoisotopic (exact) mass is 325 g/mol. The summed E-state index contributed by atoms with van der Waals surface area (Å²) >= 11 is 0. The number of hydrogen-bond donors (Lipinski definition) is 2. The van der Waals surface area contributed by atoms with Gasteiger partial charge in [0.1, 0.15) is 0 Å². The SMILES string of the molecule is C[C@H](NC(=O)[C@H](O)c1cnn(C)c1)c1cccc(-n2cccn2)c1. The topological polar surface area (TPSA) is 85.0 Å². The second kappa shape index (κ2) is 6.67. The van der Waals surface area contributed by atoms with Crippen LogP contribution in [0.1, 0.15) is 30.2 Å². The van der Waals surface area contributed by atoms with Crippen LogP contribution in [0.2, 0.25) is 0 Å². The molecule has 2 aromatic heterocycles. The molecule has 7 nitrogen and oxygen atoms in total. The van der Waals surface area contributed by atoms with Gasteiger partial charge in [-0.3, -0.25) is 9.48 Å². The number of aliphatic hydroxyl groups excluding tert-OH is 1. The Morgan fingerprint density at radius 2 is 2.08 bits per heavy atom. The lowest BCUT2D eigenvalue weighted by atomic mass is 10.1. The van der Waals surface area contributed by atoms with Gasteiger partial charge < -0.3 is 10.4 Å². The zero-order valence-corrected chi connectivity index (χ0v) is 13.5. The molecule has 0 saturated heterocycles. The van der Waals surface area contributed by atoms with E-state index in [0.717, 1.165) is 11.3 Å². The molecule has 2 N–H and O–H groups in total. The molecule has 1 aromatic carbocycles. The Labute approximate surface area is 139 Å². The molecule has 2 heterocycles. The maximum Gasteiger partial charge on any atom is 0.254 e. The van der Waals surface area contributed by atoms with Crippen LogP contribution in [0.15, 0.2) is 55.1 Å². The van der Waals surface area contributed by atoms with Crippen LogP contribution in [-0.4, -0.2) is 30.6 Å². The summed E-state index contributed by atoms with van der Waals surface area (Å²) in [5.41, 5.74) is 2.30. The van der Waals surface area contributed by atoms with Gasteiger partial charge >= 0.3 is 0 Å². The zero-order chi connectivity index (χ0) is 17.1. The van der Waals surface area contributed by atoms with Gasteiger partial charge in [0.25, 0.3) is 5.91 Å². The molecule has 0 fully saturated rings. The van der Waals surface area contributed by atoms with Crippen molar-refractivity contribution in [2.24, 2.45) is 7.05 Å². The molecule has 0 spiro atoms. The second-order valence-corrected chi connectivity index (χ2v) is 5.63. The van der Waals surface area contributed by atoms with Crippen LogP contribution in [0.5, 0.6) is 0 Å². The van der Waals surface area contributed by atoms with E-state index in [-0.39, 0.29) is 6.04 Å². The third kappa shape index (κ3) is 3.36. The fourth-order valence-electron chi connectivity index (χ4n) is 2.47. The number of carbonyl (C=O) groups is 1. The van der Waals surface area contributed by atoms with Gasteiger partial charge in [0, 0.05) is 31.2 Å². The number of carbonyl (C=O) groups excluding carboxylic acids is 1. The highest BCUT2D eigenvalue weighted by molar-refractivity contribution is 5.82. The number of aromatic nitrogens is 4. The lowest BCUT2D eigenvalue weighted by Gasteiger charge is -2.17. The number of aliphatic hydroxyl groups is 1. The minimum absolute atomic E-state index is 0.251. The highest BCUT2D eigenvalue weighted by atomic mass is 16.3. The predicted molar refractivity (Wildman–Crippen MR) is 88.3 cm³/mol. The molecule has 3 aromatic rings. The molecule has 0 aliphatic rings. The summed E-state index contributed by atoms with van der Waals surface area (Å²) in [6, 6.07) is 9.33. The van der Waals surface area contributed by atoms with Crippen molar-refractivity contribution in [2.45, 2.75) is 19.1 Å². The van der Waals surface area contributed by atoms with E-state index < -0.39 is 12.0 Å². The van der Waals surface area contributed by atoms with E-state index in [1.807, 2.05) is 43.5 Å². The maximum absolute atomic E-state index is 12.2. The first kappa shape index (κ1) is 15.9. The Bertz CT molecular complexity index is 825. The van der Waals surface area contributed by atoms with E-state index in [1.54, 1.807) is 28.8 Å². The normalized spacial score (nSPS) is 13.5. The Kier molecular flexibility index (Phi) is 4.43. The number of aryl methyl sites for hydroxylation is 1. The minimum atomic E-state index is -1.24. The number of rotatable bonds is 5. The van der Waals surface area contributed by atoms with Gasteiger partial charge in [-0.1, -0.05) is 12.1 Å². The van der Waals surface area contributed by atoms with Gasteiger partial charge in [-0.05, 0) is 30.7 Å². The summed E-state index contributed by atoms with van der Waals surface area (Å²) in [5, 5.41) is 21.1. The molecule has 0 saturated carbocycles. The molecule has 0 aliphatic heterocycles. The van der Waals surface area contributed by atoms with Crippen LogP contribution in [0.4, 0.5) is 0 Å².